The lowest BCUT2D eigenvalue weighted by Crippen LogP contribution is -2.11. The zero-order chi connectivity index (χ0) is 10.6. The van der Waals surface area contributed by atoms with Crippen molar-refractivity contribution in [2.24, 2.45) is 0 Å². The fourth-order valence-electron chi connectivity index (χ4n) is 1.25. The van der Waals surface area contributed by atoms with Crippen LogP contribution in [0.1, 0.15) is 26.7 Å². The van der Waals surface area contributed by atoms with Gasteiger partial charge in [-0.3, -0.25) is 0 Å². The molecule has 78 valence electrons. The summed E-state index contributed by atoms with van der Waals surface area (Å²) in [5.74, 6) is 0.706. The molecule has 0 aliphatic carbocycles. The Morgan fingerprint density at radius 3 is 2.64 bits per heavy atom. The molecule has 0 saturated heterocycles. The van der Waals surface area contributed by atoms with Crippen molar-refractivity contribution in [3.63, 3.8) is 0 Å². The van der Waals surface area contributed by atoms with Gasteiger partial charge in [-0.05, 0) is 31.5 Å². The Kier molecular flexibility index (Phi) is 4.56. The van der Waals surface area contributed by atoms with Gasteiger partial charge in [0.1, 0.15) is 5.75 Å². The molecule has 14 heavy (non-hydrogen) atoms. The quantitative estimate of drug-likeness (QED) is 0.740. The molecule has 0 radical (unpaired) electrons. The summed E-state index contributed by atoms with van der Waals surface area (Å²) in [4.78, 5) is 0. The summed E-state index contributed by atoms with van der Waals surface area (Å²) in [7, 11) is 0. The first kappa shape index (κ1) is 11.7. The fourth-order valence-corrected chi connectivity index (χ4v) is 1.71. The Morgan fingerprint density at radius 2 is 2.07 bits per heavy atom. The largest absolute Gasteiger partial charge is 0.489 e. The summed E-state index contributed by atoms with van der Waals surface area (Å²) in [6.07, 6.45) is 2.32. The van der Waals surface area contributed by atoms with Crippen molar-refractivity contribution in [3.8, 4) is 5.75 Å². The summed E-state index contributed by atoms with van der Waals surface area (Å²) >= 11 is 11.7. The second-order valence-electron chi connectivity index (χ2n) is 3.29. The van der Waals surface area contributed by atoms with Gasteiger partial charge in [-0.1, -0.05) is 36.5 Å². The van der Waals surface area contributed by atoms with Gasteiger partial charge in [0, 0.05) is 5.02 Å². The molecule has 1 rings (SSSR count). The molecular formula is C11H14Cl2O. The molecule has 0 amide bonds. The first-order chi connectivity index (χ1) is 6.63. The molecule has 0 aliphatic rings. The van der Waals surface area contributed by atoms with Crippen LogP contribution in [-0.2, 0) is 0 Å². The third-order valence-corrected chi connectivity index (χ3v) is 2.45. The topological polar surface area (TPSA) is 9.23 Å². The summed E-state index contributed by atoms with van der Waals surface area (Å²) in [5.41, 5.74) is 0. The van der Waals surface area contributed by atoms with Crippen molar-refractivity contribution >= 4 is 23.2 Å². The van der Waals surface area contributed by atoms with Gasteiger partial charge in [-0.2, -0.15) is 0 Å². The lowest BCUT2D eigenvalue weighted by Gasteiger charge is -2.14. The average Bonchev–Trinajstić information content (AvgIpc) is 2.10. The Hall–Kier alpha value is -0.400. The highest BCUT2D eigenvalue weighted by Gasteiger charge is 2.06. The second kappa shape index (κ2) is 5.47. The Balaban J connectivity index is 2.67. The average molecular weight is 233 g/mol. The first-order valence-corrected chi connectivity index (χ1v) is 5.50. The molecule has 1 atom stereocenters. The highest BCUT2D eigenvalue weighted by molar-refractivity contribution is 6.35. The fraction of sp³-hybridized carbons (Fsp3) is 0.455. The third kappa shape index (κ3) is 3.39. The summed E-state index contributed by atoms with van der Waals surface area (Å²) < 4.78 is 5.65. The van der Waals surface area contributed by atoms with Crippen LogP contribution >= 0.6 is 23.2 Å². The van der Waals surface area contributed by atoms with E-state index in [-0.39, 0.29) is 6.10 Å². The number of ether oxygens (including phenoxy) is 1. The molecule has 1 nitrogen and oxygen atoms in total. The van der Waals surface area contributed by atoms with Gasteiger partial charge in [0.25, 0.3) is 0 Å². The van der Waals surface area contributed by atoms with E-state index < -0.39 is 0 Å². The SMILES string of the molecule is CCCC(C)Oc1ccc(Cl)cc1Cl. The minimum Gasteiger partial charge on any atom is -0.489 e. The predicted molar refractivity (Wildman–Crippen MR) is 61.5 cm³/mol. The van der Waals surface area contributed by atoms with Crippen molar-refractivity contribution in [1.82, 2.24) is 0 Å². The van der Waals surface area contributed by atoms with Gasteiger partial charge in [0.05, 0.1) is 11.1 Å². The summed E-state index contributed by atoms with van der Waals surface area (Å²) in [6, 6.07) is 5.27. The highest BCUT2D eigenvalue weighted by atomic mass is 35.5. The zero-order valence-electron chi connectivity index (χ0n) is 8.39. The van der Waals surface area contributed by atoms with E-state index in [1.807, 2.05) is 6.92 Å². The minimum absolute atomic E-state index is 0.193. The van der Waals surface area contributed by atoms with Gasteiger partial charge < -0.3 is 4.74 Å². The lowest BCUT2D eigenvalue weighted by molar-refractivity contribution is 0.210. The molecule has 1 unspecified atom stereocenters. The van der Waals surface area contributed by atoms with E-state index in [1.54, 1.807) is 18.2 Å². The van der Waals surface area contributed by atoms with E-state index in [1.165, 1.54) is 0 Å². The molecule has 0 bridgehead atoms. The number of hydrogen-bond acceptors (Lipinski definition) is 1. The third-order valence-electron chi connectivity index (χ3n) is 1.92. The van der Waals surface area contributed by atoms with Gasteiger partial charge in [-0.15, -0.1) is 0 Å². The maximum atomic E-state index is 5.96. The van der Waals surface area contributed by atoms with E-state index in [9.17, 15) is 0 Å². The zero-order valence-corrected chi connectivity index (χ0v) is 9.90. The van der Waals surface area contributed by atoms with Gasteiger partial charge >= 0.3 is 0 Å². The second-order valence-corrected chi connectivity index (χ2v) is 4.14. The van der Waals surface area contributed by atoms with Crippen LogP contribution in [0.2, 0.25) is 10.0 Å². The van der Waals surface area contributed by atoms with E-state index in [0.717, 1.165) is 12.8 Å². The van der Waals surface area contributed by atoms with Crippen LogP contribution in [0.4, 0.5) is 0 Å². The standard InChI is InChI=1S/C11H14Cl2O/c1-3-4-8(2)14-11-6-5-9(12)7-10(11)13/h5-8H,3-4H2,1-2H3. The molecule has 0 aromatic heterocycles. The predicted octanol–water partition coefficient (Wildman–Crippen LogP) is 4.56. The Labute approximate surface area is 95.0 Å². The molecule has 0 heterocycles. The van der Waals surface area contributed by atoms with Crippen molar-refractivity contribution in [1.29, 1.82) is 0 Å². The monoisotopic (exact) mass is 232 g/mol. The molecule has 3 heteroatoms. The van der Waals surface area contributed by atoms with Crippen LogP contribution in [-0.4, -0.2) is 6.10 Å². The molecule has 0 aliphatic heterocycles. The molecular weight excluding hydrogens is 219 g/mol. The number of halogens is 2. The van der Waals surface area contributed by atoms with E-state index in [2.05, 4.69) is 6.92 Å². The Morgan fingerprint density at radius 1 is 1.36 bits per heavy atom. The van der Waals surface area contributed by atoms with Crippen LogP contribution in [0.25, 0.3) is 0 Å². The van der Waals surface area contributed by atoms with Crippen LogP contribution in [0, 0.1) is 0 Å². The van der Waals surface area contributed by atoms with Crippen molar-refractivity contribution < 1.29 is 4.74 Å². The minimum atomic E-state index is 0.193. The van der Waals surface area contributed by atoms with Crippen LogP contribution in [0.3, 0.4) is 0 Å². The molecule has 0 fully saturated rings. The lowest BCUT2D eigenvalue weighted by atomic mass is 10.2. The van der Waals surface area contributed by atoms with Gasteiger partial charge in [-0.25, -0.2) is 0 Å². The molecule has 1 aromatic rings. The van der Waals surface area contributed by atoms with Crippen molar-refractivity contribution in [2.75, 3.05) is 0 Å². The van der Waals surface area contributed by atoms with Crippen LogP contribution in [0.15, 0.2) is 18.2 Å². The maximum Gasteiger partial charge on any atom is 0.138 e. The summed E-state index contributed by atoms with van der Waals surface area (Å²) in [5, 5.41) is 1.20. The van der Waals surface area contributed by atoms with Crippen molar-refractivity contribution in [2.45, 2.75) is 32.8 Å². The smallest absolute Gasteiger partial charge is 0.138 e. The van der Waals surface area contributed by atoms with E-state index in [0.29, 0.717) is 15.8 Å². The van der Waals surface area contributed by atoms with Gasteiger partial charge in [0.2, 0.25) is 0 Å². The number of benzene rings is 1. The van der Waals surface area contributed by atoms with Crippen LogP contribution < -0.4 is 4.74 Å². The van der Waals surface area contributed by atoms with E-state index >= 15 is 0 Å². The highest BCUT2D eigenvalue weighted by Crippen LogP contribution is 2.28. The van der Waals surface area contributed by atoms with Crippen molar-refractivity contribution in [3.05, 3.63) is 28.2 Å². The van der Waals surface area contributed by atoms with E-state index in [4.69, 9.17) is 27.9 Å². The molecule has 1 aromatic carbocycles. The first-order valence-electron chi connectivity index (χ1n) is 4.75. The molecule has 0 spiro atoms. The van der Waals surface area contributed by atoms with Crippen LogP contribution in [0.5, 0.6) is 5.75 Å². The summed E-state index contributed by atoms with van der Waals surface area (Å²) in [6.45, 7) is 4.16. The number of rotatable bonds is 4. The normalized spacial score (nSPS) is 12.6. The maximum absolute atomic E-state index is 5.96. The van der Waals surface area contributed by atoms with Gasteiger partial charge in [0.15, 0.2) is 0 Å². The number of hydrogen-bond donors (Lipinski definition) is 0. The molecule has 0 N–H and O–H groups in total. The molecule has 0 saturated carbocycles. The Bertz CT molecular complexity index is 299.